The van der Waals surface area contributed by atoms with Crippen LogP contribution < -0.4 is 0 Å². The van der Waals surface area contributed by atoms with Crippen LogP contribution in [0.3, 0.4) is 0 Å². The molecule has 3 aromatic rings. The minimum atomic E-state index is -3.41. The topological polar surface area (TPSA) is 76.3 Å². The Balaban J connectivity index is 1.53. The van der Waals surface area contributed by atoms with Crippen LogP contribution in [0.5, 0.6) is 0 Å². The molecule has 0 aliphatic carbocycles. The van der Waals surface area contributed by atoms with Crippen LogP contribution in [0.25, 0.3) is 11.4 Å². The maximum atomic E-state index is 12.6. The number of halogens is 1. The fourth-order valence-electron chi connectivity index (χ4n) is 3.10. The number of benzene rings is 2. The van der Waals surface area contributed by atoms with Crippen molar-refractivity contribution in [1.82, 2.24) is 14.4 Å². The van der Waals surface area contributed by atoms with Crippen LogP contribution in [0.15, 0.2) is 62.4 Å². The summed E-state index contributed by atoms with van der Waals surface area (Å²) in [5.74, 6) is 0.952. The Kier molecular flexibility index (Phi) is 5.12. The van der Waals surface area contributed by atoms with Gasteiger partial charge in [0, 0.05) is 23.1 Å². The summed E-state index contributed by atoms with van der Waals surface area (Å²) in [7, 11) is -3.41. The molecule has 27 heavy (non-hydrogen) atoms. The predicted octanol–water partition coefficient (Wildman–Crippen LogP) is 3.87. The molecule has 0 unspecified atom stereocenters. The second kappa shape index (κ2) is 7.53. The van der Waals surface area contributed by atoms with E-state index < -0.39 is 10.0 Å². The van der Waals surface area contributed by atoms with Crippen molar-refractivity contribution in [1.29, 1.82) is 0 Å². The van der Waals surface area contributed by atoms with E-state index in [1.165, 1.54) is 4.31 Å². The molecule has 0 spiro atoms. The summed E-state index contributed by atoms with van der Waals surface area (Å²) < 4.78 is 33.1. The lowest BCUT2D eigenvalue weighted by molar-refractivity contribution is 0.385. The average molecular weight is 448 g/mol. The number of nitrogens with zero attached hydrogens (tertiary/aromatic N) is 3. The van der Waals surface area contributed by atoms with E-state index in [0.717, 1.165) is 28.4 Å². The van der Waals surface area contributed by atoms with Crippen LogP contribution in [-0.2, 0) is 16.4 Å². The molecule has 6 nitrogen and oxygen atoms in total. The molecule has 8 heteroatoms. The highest BCUT2D eigenvalue weighted by Crippen LogP contribution is 2.25. The molecule has 0 radical (unpaired) electrons. The van der Waals surface area contributed by atoms with E-state index >= 15 is 0 Å². The fraction of sp³-hybridized carbons (Fsp3) is 0.263. The van der Waals surface area contributed by atoms with Crippen LogP contribution in [0.2, 0.25) is 0 Å². The zero-order valence-corrected chi connectivity index (χ0v) is 16.9. The number of sulfonamides is 1. The predicted molar refractivity (Wildman–Crippen MR) is 105 cm³/mol. The van der Waals surface area contributed by atoms with Crippen LogP contribution in [-0.4, -0.2) is 36.0 Å². The van der Waals surface area contributed by atoms with Gasteiger partial charge >= 0.3 is 0 Å². The molecule has 1 fully saturated rings. The van der Waals surface area contributed by atoms with Crippen molar-refractivity contribution in [3.05, 3.63) is 64.5 Å². The molecule has 2 heterocycles. The molecule has 0 N–H and O–H groups in total. The van der Waals surface area contributed by atoms with Gasteiger partial charge in [0.2, 0.25) is 21.7 Å². The first-order valence-corrected chi connectivity index (χ1v) is 10.9. The number of rotatable bonds is 5. The van der Waals surface area contributed by atoms with Gasteiger partial charge < -0.3 is 4.52 Å². The van der Waals surface area contributed by atoms with Crippen LogP contribution in [0.1, 0.15) is 24.3 Å². The molecule has 0 amide bonds. The Bertz CT molecular complexity index is 1040. The largest absolute Gasteiger partial charge is 0.339 e. The van der Waals surface area contributed by atoms with Gasteiger partial charge in [-0.3, -0.25) is 0 Å². The average Bonchev–Trinajstić information content (AvgIpc) is 3.36. The third-order valence-electron chi connectivity index (χ3n) is 4.58. The van der Waals surface area contributed by atoms with Crippen molar-refractivity contribution in [3.8, 4) is 11.4 Å². The molecule has 1 saturated heterocycles. The maximum Gasteiger partial charge on any atom is 0.243 e. The molecule has 1 aromatic heterocycles. The molecule has 1 aliphatic heterocycles. The summed E-state index contributed by atoms with van der Waals surface area (Å²) in [5, 5.41) is 4.02. The van der Waals surface area contributed by atoms with Crippen LogP contribution in [0, 0.1) is 0 Å². The summed E-state index contributed by atoms with van der Waals surface area (Å²) in [4.78, 5) is 4.72. The Morgan fingerprint density at radius 2 is 1.74 bits per heavy atom. The minimum Gasteiger partial charge on any atom is -0.339 e. The van der Waals surface area contributed by atoms with Crippen molar-refractivity contribution in [2.24, 2.45) is 0 Å². The van der Waals surface area contributed by atoms with Crippen molar-refractivity contribution < 1.29 is 12.9 Å². The summed E-state index contributed by atoms with van der Waals surface area (Å²) in [6.07, 6.45) is 2.36. The monoisotopic (exact) mass is 447 g/mol. The minimum absolute atomic E-state index is 0.296. The van der Waals surface area contributed by atoms with Gasteiger partial charge in [-0.2, -0.15) is 9.29 Å². The lowest BCUT2D eigenvalue weighted by atomic mass is 10.1. The quantitative estimate of drug-likeness (QED) is 0.592. The molecule has 0 atom stereocenters. The van der Waals surface area contributed by atoms with Gasteiger partial charge in [-0.05, 0) is 48.7 Å². The van der Waals surface area contributed by atoms with E-state index in [9.17, 15) is 8.42 Å². The molecule has 140 valence electrons. The van der Waals surface area contributed by atoms with Crippen molar-refractivity contribution >= 4 is 26.0 Å². The van der Waals surface area contributed by atoms with E-state index in [4.69, 9.17) is 4.52 Å². The highest BCUT2D eigenvalue weighted by atomic mass is 79.9. The van der Waals surface area contributed by atoms with Gasteiger partial charge in [0.15, 0.2) is 0 Å². The second-order valence-corrected chi connectivity index (χ2v) is 9.21. The highest BCUT2D eigenvalue weighted by molar-refractivity contribution is 9.10. The van der Waals surface area contributed by atoms with Crippen LogP contribution >= 0.6 is 15.9 Å². The summed E-state index contributed by atoms with van der Waals surface area (Å²) >= 11 is 3.51. The third kappa shape index (κ3) is 3.83. The van der Waals surface area contributed by atoms with E-state index in [1.54, 1.807) is 24.3 Å². The summed E-state index contributed by atoms with van der Waals surface area (Å²) in [6, 6.07) is 14.5. The van der Waals surface area contributed by atoms with Crippen LogP contribution in [0.4, 0.5) is 0 Å². The number of hydrogen-bond acceptors (Lipinski definition) is 5. The SMILES string of the molecule is O=S(=O)(c1ccc(-c2noc(Cc3ccccc3Br)n2)cc1)N1CCCC1. The summed E-state index contributed by atoms with van der Waals surface area (Å²) in [5.41, 5.74) is 1.78. The molecule has 2 aromatic carbocycles. The smallest absolute Gasteiger partial charge is 0.243 e. The highest BCUT2D eigenvalue weighted by Gasteiger charge is 2.27. The van der Waals surface area contributed by atoms with E-state index in [-0.39, 0.29) is 0 Å². The zero-order valence-electron chi connectivity index (χ0n) is 14.5. The van der Waals surface area contributed by atoms with E-state index in [1.807, 2.05) is 24.3 Å². The van der Waals surface area contributed by atoms with E-state index in [2.05, 4.69) is 26.1 Å². The van der Waals surface area contributed by atoms with Gasteiger partial charge in [0.1, 0.15) is 0 Å². The molecule has 1 aliphatic rings. The first-order valence-electron chi connectivity index (χ1n) is 8.70. The zero-order chi connectivity index (χ0) is 18.9. The first kappa shape index (κ1) is 18.3. The normalized spacial score (nSPS) is 15.3. The van der Waals surface area contributed by atoms with Gasteiger partial charge in [-0.1, -0.05) is 39.3 Å². The summed E-state index contributed by atoms with van der Waals surface area (Å²) in [6.45, 7) is 1.18. The van der Waals surface area contributed by atoms with Crippen molar-refractivity contribution in [2.75, 3.05) is 13.1 Å². The lowest BCUT2D eigenvalue weighted by Gasteiger charge is -2.15. The van der Waals surface area contributed by atoms with Gasteiger partial charge in [0.25, 0.3) is 0 Å². The maximum absolute atomic E-state index is 12.6. The Hall–Kier alpha value is -2.03. The van der Waals surface area contributed by atoms with Gasteiger partial charge in [-0.15, -0.1) is 0 Å². The third-order valence-corrected chi connectivity index (χ3v) is 7.27. The molecule has 0 bridgehead atoms. The second-order valence-electron chi connectivity index (χ2n) is 6.42. The Morgan fingerprint density at radius 1 is 1.04 bits per heavy atom. The molecular weight excluding hydrogens is 430 g/mol. The lowest BCUT2D eigenvalue weighted by Crippen LogP contribution is -2.27. The fourth-order valence-corrected chi connectivity index (χ4v) is 5.04. The molecular formula is C19H18BrN3O3S. The first-order chi connectivity index (χ1) is 13.0. The number of hydrogen-bond donors (Lipinski definition) is 0. The Morgan fingerprint density at radius 3 is 2.44 bits per heavy atom. The standard InChI is InChI=1S/C19H18BrN3O3S/c20-17-6-2-1-5-15(17)13-18-21-19(22-26-18)14-7-9-16(10-8-14)27(24,25)23-11-3-4-12-23/h1-2,5-10H,3-4,11-13H2. The van der Waals surface area contributed by atoms with Crippen molar-refractivity contribution in [2.45, 2.75) is 24.2 Å². The van der Waals surface area contributed by atoms with E-state index in [0.29, 0.717) is 36.1 Å². The number of aromatic nitrogens is 2. The van der Waals surface area contributed by atoms with Crippen molar-refractivity contribution in [3.63, 3.8) is 0 Å². The van der Waals surface area contributed by atoms with Gasteiger partial charge in [-0.25, -0.2) is 8.42 Å². The van der Waals surface area contributed by atoms with Gasteiger partial charge in [0.05, 0.1) is 11.3 Å². The molecule has 4 rings (SSSR count). The molecule has 0 saturated carbocycles. The Labute approximate surface area is 166 Å².